The molecule has 2 aromatic rings. The first kappa shape index (κ1) is 13.5. The summed E-state index contributed by atoms with van der Waals surface area (Å²) in [5, 5.41) is 2.95. The Kier molecular flexibility index (Phi) is 4.48. The van der Waals surface area contributed by atoms with E-state index in [9.17, 15) is 4.39 Å². The van der Waals surface area contributed by atoms with E-state index in [0.717, 1.165) is 5.69 Å². The van der Waals surface area contributed by atoms with E-state index in [4.69, 9.17) is 5.84 Å². The molecule has 0 aliphatic rings. The minimum atomic E-state index is -0.433. The minimum Gasteiger partial charge on any atom is -0.325 e. The van der Waals surface area contributed by atoms with Gasteiger partial charge in [0, 0.05) is 10.2 Å². The van der Waals surface area contributed by atoms with Crippen molar-refractivity contribution in [3.05, 3.63) is 58.8 Å². The summed E-state index contributed by atoms with van der Waals surface area (Å²) in [6.45, 7) is 0. The maximum atomic E-state index is 13.7. The first-order chi connectivity index (χ1) is 9.19. The van der Waals surface area contributed by atoms with Crippen molar-refractivity contribution in [1.29, 1.82) is 0 Å². The quantitative estimate of drug-likeness (QED) is 0.344. The van der Waals surface area contributed by atoms with Crippen LogP contribution in [0.15, 0.2) is 58.0 Å². The third-order valence-electron chi connectivity index (χ3n) is 2.32. The van der Waals surface area contributed by atoms with Gasteiger partial charge in [-0.1, -0.05) is 34.1 Å². The Hall–Kier alpha value is -1.92. The van der Waals surface area contributed by atoms with Crippen LogP contribution in [0.3, 0.4) is 0 Å². The molecule has 19 heavy (non-hydrogen) atoms. The van der Waals surface area contributed by atoms with Gasteiger partial charge in [-0.05, 0) is 30.3 Å². The predicted octanol–water partition coefficient (Wildman–Crippen LogP) is 3.15. The summed E-state index contributed by atoms with van der Waals surface area (Å²) in [7, 11) is 0. The lowest BCUT2D eigenvalue weighted by molar-refractivity contribution is 0.629. The van der Waals surface area contributed by atoms with E-state index in [2.05, 4.69) is 31.7 Å². The zero-order chi connectivity index (χ0) is 13.7. The van der Waals surface area contributed by atoms with Crippen LogP contribution in [0, 0.1) is 5.82 Å². The van der Waals surface area contributed by atoms with E-state index >= 15 is 0 Å². The van der Waals surface area contributed by atoms with Crippen molar-refractivity contribution in [1.82, 2.24) is 5.43 Å². The minimum absolute atomic E-state index is 0.194. The number of hydrazine groups is 1. The number of hydrogen-bond acceptors (Lipinski definition) is 2. The Labute approximate surface area is 118 Å². The molecule has 0 aliphatic carbocycles. The highest BCUT2D eigenvalue weighted by Gasteiger charge is 2.04. The van der Waals surface area contributed by atoms with Gasteiger partial charge in [0.1, 0.15) is 11.5 Å². The summed E-state index contributed by atoms with van der Waals surface area (Å²) in [5.74, 6) is 5.20. The molecule has 2 rings (SSSR count). The molecule has 4 N–H and O–H groups in total. The second-order valence-electron chi connectivity index (χ2n) is 3.69. The molecular formula is C13H12BrFN4. The monoisotopic (exact) mass is 322 g/mol. The molecule has 2 aromatic carbocycles. The van der Waals surface area contributed by atoms with Crippen LogP contribution in [0.4, 0.5) is 15.8 Å². The Morgan fingerprint density at radius 1 is 1.16 bits per heavy atom. The van der Waals surface area contributed by atoms with E-state index < -0.39 is 5.82 Å². The number of halogens is 2. The number of para-hydroxylation sites is 1. The molecule has 0 spiro atoms. The smallest absolute Gasteiger partial charge is 0.215 e. The summed E-state index contributed by atoms with van der Waals surface area (Å²) in [5.41, 5.74) is 3.40. The van der Waals surface area contributed by atoms with Gasteiger partial charge in [0.15, 0.2) is 0 Å². The number of anilines is 1. The van der Waals surface area contributed by atoms with Crippen LogP contribution in [0.25, 0.3) is 0 Å². The molecule has 6 heteroatoms. The highest BCUT2D eigenvalue weighted by molar-refractivity contribution is 9.10. The Balaban J connectivity index is 2.23. The van der Waals surface area contributed by atoms with E-state index in [1.807, 2.05) is 30.3 Å². The lowest BCUT2D eigenvalue weighted by Gasteiger charge is -2.09. The summed E-state index contributed by atoms with van der Waals surface area (Å²) in [6, 6.07) is 14.0. The molecule has 98 valence electrons. The van der Waals surface area contributed by atoms with Crippen molar-refractivity contribution in [2.45, 2.75) is 0 Å². The number of rotatable bonds is 2. The highest BCUT2D eigenvalue weighted by Crippen LogP contribution is 2.22. The fourth-order valence-corrected chi connectivity index (χ4v) is 1.78. The molecular weight excluding hydrogens is 311 g/mol. The van der Waals surface area contributed by atoms with Crippen molar-refractivity contribution >= 4 is 33.3 Å². The van der Waals surface area contributed by atoms with Crippen molar-refractivity contribution in [3.8, 4) is 0 Å². The van der Waals surface area contributed by atoms with E-state index in [-0.39, 0.29) is 11.6 Å². The molecule has 0 saturated carbocycles. The standard InChI is InChI=1S/C13H12BrFN4/c14-9-6-7-12(11(15)8-9)18-13(19-16)17-10-4-2-1-3-5-10/h1-8H,16H2,(H2,17,18,19). The maximum Gasteiger partial charge on any atom is 0.215 e. The van der Waals surface area contributed by atoms with Gasteiger partial charge in [-0.15, -0.1) is 0 Å². The molecule has 0 bridgehead atoms. The summed E-state index contributed by atoms with van der Waals surface area (Å²) in [4.78, 5) is 4.09. The first-order valence-corrected chi connectivity index (χ1v) is 6.31. The molecule has 4 nitrogen and oxygen atoms in total. The topological polar surface area (TPSA) is 62.4 Å². The summed E-state index contributed by atoms with van der Waals surface area (Å²) >= 11 is 3.19. The van der Waals surface area contributed by atoms with Gasteiger partial charge >= 0.3 is 0 Å². The third-order valence-corrected chi connectivity index (χ3v) is 2.81. The number of nitrogens with one attached hydrogen (secondary N) is 2. The fraction of sp³-hybridized carbons (Fsp3) is 0. The van der Waals surface area contributed by atoms with E-state index in [0.29, 0.717) is 4.47 Å². The molecule has 0 unspecified atom stereocenters. The Morgan fingerprint density at radius 2 is 1.89 bits per heavy atom. The Morgan fingerprint density at radius 3 is 2.53 bits per heavy atom. The average molecular weight is 323 g/mol. The zero-order valence-electron chi connectivity index (χ0n) is 9.90. The SMILES string of the molecule is NNC(=Nc1ccc(Br)cc1F)Nc1ccccc1. The third kappa shape index (κ3) is 3.77. The van der Waals surface area contributed by atoms with Gasteiger partial charge in [0.05, 0.1) is 0 Å². The van der Waals surface area contributed by atoms with Crippen molar-refractivity contribution in [3.63, 3.8) is 0 Å². The van der Waals surface area contributed by atoms with Gasteiger partial charge in [-0.2, -0.15) is 0 Å². The molecule has 0 amide bonds. The van der Waals surface area contributed by atoms with Gasteiger partial charge in [-0.3, -0.25) is 5.43 Å². The number of aliphatic imine (C=N–C) groups is 1. The largest absolute Gasteiger partial charge is 0.325 e. The Bertz CT molecular complexity index is 586. The van der Waals surface area contributed by atoms with Gasteiger partial charge in [0.2, 0.25) is 5.96 Å². The maximum absolute atomic E-state index is 13.7. The van der Waals surface area contributed by atoms with Crippen LogP contribution in [-0.4, -0.2) is 5.96 Å². The molecule has 0 aromatic heterocycles. The molecule has 0 heterocycles. The number of guanidine groups is 1. The highest BCUT2D eigenvalue weighted by atomic mass is 79.9. The first-order valence-electron chi connectivity index (χ1n) is 5.51. The van der Waals surface area contributed by atoms with Gasteiger partial charge in [-0.25, -0.2) is 15.2 Å². The summed E-state index contributed by atoms with van der Waals surface area (Å²) in [6.07, 6.45) is 0. The van der Waals surface area contributed by atoms with Crippen molar-refractivity contribution in [2.24, 2.45) is 10.8 Å². The second-order valence-corrected chi connectivity index (χ2v) is 4.61. The average Bonchev–Trinajstić information content (AvgIpc) is 2.42. The second kappa shape index (κ2) is 6.31. The van der Waals surface area contributed by atoms with Crippen LogP contribution in [-0.2, 0) is 0 Å². The molecule has 0 saturated heterocycles. The molecule has 0 radical (unpaired) electrons. The van der Waals surface area contributed by atoms with Crippen molar-refractivity contribution in [2.75, 3.05) is 5.32 Å². The lowest BCUT2D eigenvalue weighted by Crippen LogP contribution is -2.36. The van der Waals surface area contributed by atoms with Gasteiger partial charge in [0.25, 0.3) is 0 Å². The lowest BCUT2D eigenvalue weighted by atomic mass is 10.3. The number of nitrogens with zero attached hydrogens (tertiary/aromatic N) is 1. The number of benzene rings is 2. The molecule has 0 atom stereocenters. The van der Waals surface area contributed by atoms with Crippen LogP contribution < -0.4 is 16.6 Å². The van der Waals surface area contributed by atoms with Gasteiger partial charge < -0.3 is 5.32 Å². The zero-order valence-corrected chi connectivity index (χ0v) is 11.5. The van der Waals surface area contributed by atoms with Crippen LogP contribution in [0.2, 0.25) is 0 Å². The molecule has 0 fully saturated rings. The fourth-order valence-electron chi connectivity index (χ4n) is 1.45. The number of nitrogens with two attached hydrogens (primary N) is 1. The number of hydrogen-bond donors (Lipinski definition) is 3. The van der Waals surface area contributed by atoms with Crippen molar-refractivity contribution < 1.29 is 4.39 Å². The van der Waals surface area contributed by atoms with Crippen LogP contribution in [0.1, 0.15) is 0 Å². The van der Waals surface area contributed by atoms with E-state index in [1.165, 1.54) is 6.07 Å². The van der Waals surface area contributed by atoms with Crippen LogP contribution >= 0.6 is 15.9 Å². The van der Waals surface area contributed by atoms with Crippen LogP contribution in [0.5, 0.6) is 0 Å². The summed E-state index contributed by atoms with van der Waals surface area (Å²) < 4.78 is 14.3. The normalized spacial score (nSPS) is 11.2. The van der Waals surface area contributed by atoms with E-state index in [1.54, 1.807) is 12.1 Å². The molecule has 0 aliphatic heterocycles. The predicted molar refractivity (Wildman–Crippen MR) is 78.6 cm³/mol.